The van der Waals surface area contributed by atoms with E-state index in [1.54, 1.807) is 14.2 Å². The minimum absolute atomic E-state index is 0. The number of para-hydroxylation sites is 1. The van der Waals surface area contributed by atoms with E-state index in [0.717, 1.165) is 64.5 Å². The van der Waals surface area contributed by atoms with Gasteiger partial charge in [0.15, 0.2) is 12.7 Å². The van der Waals surface area contributed by atoms with Crippen LogP contribution in [0.5, 0.6) is 11.5 Å². The molecular weight excluding hydrogens is 752 g/mol. The lowest BCUT2D eigenvalue weighted by atomic mass is 9.82. The van der Waals surface area contributed by atoms with Crippen LogP contribution in [0.3, 0.4) is 0 Å². The first-order chi connectivity index (χ1) is 23.8. The van der Waals surface area contributed by atoms with Crippen molar-refractivity contribution < 1.29 is 23.6 Å². The highest BCUT2D eigenvalue weighted by Crippen LogP contribution is 2.38. The lowest BCUT2D eigenvalue weighted by Crippen LogP contribution is -2.61. The third-order valence-electron chi connectivity index (χ3n) is 9.69. The zero-order chi connectivity index (χ0) is 36.6. The van der Waals surface area contributed by atoms with Gasteiger partial charge in [0.2, 0.25) is 5.52 Å². The van der Waals surface area contributed by atoms with Crippen LogP contribution in [0.1, 0.15) is 78.5 Å². The Morgan fingerprint density at radius 1 is 0.900 bits per heavy atom. The summed E-state index contributed by atoms with van der Waals surface area (Å²) in [5, 5.41) is 8.33. The molecule has 1 aliphatic heterocycles. The zero-order valence-corrected chi connectivity index (χ0v) is 34.5. The molecule has 1 N–H and O–H groups in total. The van der Waals surface area contributed by atoms with E-state index < -0.39 is 0 Å². The molecule has 2 heterocycles. The van der Waals surface area contributed by atoms with Crippen LogP contribution in [0.25, 0.3) is 10.9 Å². The fourth-order valence-corrected chi connectivity index (χ4v) is 7.78. The van der Waals surface area contributed by atoms with Gasteiger partial charge in [-0.1, -0.05) is 99.0 Å². The summed E-state index contributed by atoms with van der Waals surface area (Å²) in [5.41, 5.74) is 5.18. The summed E-state index contributed by atoms with van der Waals surface area (Å²) in [6, 6.07) is 24.3. The number of aliphatic hydroxyl groups is 1. The molecule has 0 aliphatic carbocycles. The quantitative estimate of drug-likeness (QED) is 0.0931. The van der Waals surface area contributed by atoms with Gasteiger partial charge in [-0.05, 0) is 66.8 Å². The Balaban J connectivity index is 0.00000169. The van der Waals surface area contributed by atoms with Crippen molar-refractivity contribution in [1.82, 2.24) is 0 Å². The van der Waals surface area contributed by atoms with E-state index in [1.807, 2.05) is 39.8 Å². The van der Waals surface area contributed by atoms with Crippen LogP contribution in [0.4, 0.5) is 0 Å². The number of piperidine rings is 1. The SMILES string of the molecule is C.C=C[C@@H]1C[N+](Cc2cc(OC)ccc2Br)(C(CC)Cc2cc[n+](Cc3cc(OC)ccc3Br)c3ccccc23)CCC1C.CC.CC.CO. The molecule has 5 rings (SSSR count). The van der Waals surface area contributed by atoms with E-state index >= 15 is 0 Å². The lowest BCUT2D eigenvalue weighted by molar-refractivity contribution is -0.971. The molecule has 0 bridgehead atoms. The van der Waals surface area contributed by atoms with Gasteiger partial charge in [0, 0.05) is 57.0 Å². The molecule has 0 amide bonds. The third kappa shape index (κ3) is 11.1. The molecule has 1 fully saturated rings. The number of benzene rings is 3. The Kier molecular flexibility index (Phi) is 20.8. The standard InChI is InChI=1S/C37H44Br2N2O2.2C2H6.CH4O.CH4/c1-6-27-24-41(19-17-26(27)3,25-30-22-33(43-5)13-15-36(30)39)31(7-2)20-28-16-18-40(37-11-9-8-10-34(28)37)23-29-21-32(42-4)12-14-35(29)38;3*1-2;/h6,8-16,18,21-22,26-27,31H,1,7,17,19-20,23-25H2,2-5H3;2*1-2H3;2H,1H3;1H4/q+2;;;;/t26?,27-,31?,41?;;;;/m1..../s1. The van der Waals surface area contributed by atoms with Crippen molar-refractivity contribution in [3.05, 3.63) is 111 Å². The summed E-state index contributed by atoms with van der Waals surface area (Å²) in [7, 11) is 4.47. The second-order valence-corrected chi connectivity index (χ2v) is 13.8. The monoisotopic (exact) mass is 814 g/mol. The van der Waals surface area contributed by atoms with E-state index in [0.29, 0.717) is 17.9 Å². The number of fused-ring (bicyclic) bond motifs is 1. The van der Waals surface area contributed by atoms with Gasteiger partial charge in [-0.2, -0.15) is 4.57 Å². The van der Waals surface area contributed by atoms with Crippen LogP contribution < -0.4 is 14.0 Å². The molecule has 0 spiro atoms. The van der Waals surface area contributed by atoms with Crippen molar-refractivity contribution in [2.24, 2.45) is 11.8 Å². The van der Waals surface area contributed by atoms with Crippen LogP contribution in [0, 0.1) is 11.8 Å². The first kappa shape index (κ1) is 45.3. The molecule has 7 heteroatoms. The van der Waals surface area contributed by atoms with Crippen LogP contribution >= 0.6 is 31.9 Å². The maximum Gasteiger partial charge on any atom is 0.213 e. The molecule has 3 unspecified atom stereocenters. The number of nitrogens with zero attached hydrogens (tertiary/aromatic N) is 2. The molecule has 50 heavy (non-hydrogen) atoms. The second kappa shape index (κ2) is 23.0. The number of aromatic nitrogens is 1. The zero-order valence-electron chi connectivity index (χ0n) is 31.3. The number of likely N-dealkylation sites (tertiary alicyclic amines) is 1. The number of rotatable bonds is 11. The number of ether oxygens (including phenoxy) is 2. The number of hydrogen-bond donors (Lipinski definition) is 1. The Labute approximate surface area is 321 Å². The van der Waals surface area contributed by atoms with Crippen molar-refractivity contribution in [2.45, 2.75) is 87.4 Å². The fourth-order valence-electron chi connectivity index (χ4n) is 7.04. The van der Waals surface area contributed by atoms with Gasteiger partial charge in [-0.15, -0.1) is 6.58 Å². The predicted octanol–water partition coefficient (Wildman–Crippen LogP) is 11.2. The Hall–Kier alpha value is -2.71. The average Bonchev–Trinajstić information content (AvgIpc) is 3.16. The van der Waals surface area contributed by atoms with Crippen molar-refractivity contribution in [3.63, 3.8) is 0 Å². The molecule has 4 aromatic rings. The minimum atomic E-state index is 0. The van der Waals surface area contributed by atoms with E-state index in [2.05, 4.69) is 124 Å². The maximum atomic E-state index is 7.00. The first-order valence-corrected chi connectivity index (χ1v) is 19.4. The van der Waals surface area contributed by atoms with Crippen molar-refractivity contribution in [1.29, 1.82) is 0 Å². The van der Waals surface area contributed by atoms with E-state index in [-0.39, 0.29) is 7.43 Å². The average molecular weight is 817 g/mol. The Morgan fingerprint density at radius 3 is 2.06 bits per heavy atom. The van der Waals surface area contributed by atoms with Crippen molar-refractivity contribution in [3.8, 4) is 11.5 Å². The van der Waals surface area contributed by atoms with Gasteiger partial charge in [-0.25, -0.2) is 0 Å². The van der Waals surface area contributed by atoms with Crippen LogP contribution in [-0.4, -0.2) is 50.1 Å². The van der Waals surface area contributed by atoms with Crippen molar-refractivity contribution in [2.75, 3.05) is 34.4 Å². The first-order valence-electron chi connectivity index (χ1n) is 17.8. The Morgan fingerprint density at radius 2 is 1.48 bits per heavy atom. The number of quaternary nitrogens is 1. The number of hydrogen-bond acceptors (Lipinski definition) is 3. The molecule has 3 aromatic carbocycles. The highest BCUT2D eigenvalue weighted by atomic mass is 79.9. The maximum absolute atomic E-state index is 7.00. The normalized spacial score (nSPS) is 18.4. The molecule has 1 aromatic heterocycles. The van der Waals surface area contributed by atoms with Crippen LogP contribution in [0.2, 0.25) is 0 Å². The van der Waals surface area contributed by atoms with E-state index in [9.17, 15) is 0 Å². The molecule has 1 saturated heterocycles. The summed E-state index contributed by atoms with van der Waals surface area (Å²) >= 11 is 7.63. The minimum Gasteiger partial charge on any atom is -0.497 e. The molecule has 0 radical (unpaired) electrons. The van der Waals surface area contributed by atoms with Crippen LogP contribution in [-0.2, 0) is 19.5 Å². The topological polar surface area (TPSA) is 42.6 Å². The molecule has 5 nitrogen and oxygen atoms in total. The molecule has 0 saturated carbocycles. The predicted molar refractivity (Wildman–Crippen MR) is 221 cm³/mol. The number of aliphatic hydroxyl groups excluding tert-OH is 1. The summed E-state index contributed by atoms with van der Waals surface area (Å²) in [4.78, 5) is 0. The second-order valence-electron chi connectivity index (χ2n) is 12.1. The van der Waals surface area contributed by atoms with Crippen molar-refractivity contribution >= 4 is 42.8 Å². The highest BCUT2D eigenvalue weighted by molar-refractivity contribution is 9.10. The smallest absolute Gasteiger partial charge is 0.213 e. The molecule has 4 atom stereocenters. The molecular formula is C43H64Br2N2O3+2. The summed E-state index contributed by atoms with van der Waals surface area (Å²) in [6.07, 6.45) is 7.83. The van der Waals surface area contributed by atoms with E-state index in [1.165, 1.54) is 40.6 Å². The van der Waals surface area contributed by atoms with Gasteiger partial charge >= 0.3 is 0 Å². The van der Waals surface area contributed by atoms with Crippen LogP contribution in [0.15, 0.2) is 94.5 Å². The summed E-state index contributed by atoms with van der Waals surface area (Å²) in [6.45, 7) is 21.1. The Bertz CT molecular complexity index is 1590. The van der Waals surface area contributed by atoms with E-state index in [4.69, 9.17) is 14.6 Å². The highest BCUT2D eigenvalue weighted by Gasteiger charge is 2.43. The third-order valence-corrected chi connectivity index (χ3v) is 11.2. The summed E-state index contributed by atoms with van der Waals surface area (Å²) < 4.78 is 16.8. The largest absolute Gasteiger partial charge is 0.497 e. The fraction of sp³-hybridized carbons (Fsp3) is 0.465. The van der Waals surface area contributed by atoms with Gasteiger partial charge in [0.1, 0.15) is 18.0 Å². The number of methoxy groups -OCH3 is 2. The summed E-state index contributed by atoms with van der Waals surface area (Å²) in [5.74, 6) is 2.94. The number of pyridine rings is 1. The van der Waals surface area contributed by atoms with Gasteiger partial charge in [0.05, 0.1) is 33.4 Å². The van der Waals surface area contributed by atoms with Gasteiger partial charge in [-0.3, -0.25) is 0 Å². The van der Waals surface area contributed by atoms with Gasteiger partial charge < -0.3 is 19.1 Å². The van der Waals surface area contributed by atoms with Gasteiger partial charge in [0.25, 0.3) is 0 Å². The molecule has 276 valence electrons. The lowest BCUT2D eigenvalue weighted by Gasteiger charge is -2.51. The number of halogens is 2. The molecule has 1 aliphatic rings.